The minimum absolute atomic E-state index is 0.0544. The normalized spacial score (nSPS) is 34.9. The molecular formula is C12H22N2O2. The quantitative estimate of drug-likeness (QED) is 0.748. The minimum atomic E-state index is -0.216. The van der Waals surface area contributed by atoms with Crippen LogP contribution in [0.25, 0.3) is 0 Å². The van der Waals surface area contributed by atoms with Gasteiger partial charge in [-0.15, -0.1) is 0 Å². The lowest BCUT2D eigenvalue weighted by atomic mass is 10.0. The molecule has 3 atom stereocenters. The third kappa shape index (κ3) is 2.95. The van der Waals surface area contributed by atoms with Crippen LogP contribution in [-0.2, 0) is 9.53 Å². The summed E-state index contributed by atoms with van der Waals surface area (Å²) < 4.78 is 5.44. The molecule has 4 heteroatoms. The Hall–Kier alpha value is -0.610. The molecule has 0 aromatic heterocycles. The molecule has 1 aliphatic heterocycles. The van der Waals surface area contributed by atoms with Gasteiger partial charge in [0.2, 0.25) is 5.91 Å². The number of hydrogen-bond acceptors (Lipinski definition) is 3. The second kappa shape index (κ2) is 5.64. The fraction of sp³-hybridized carbons (Fsp3) is 0.917. The first-order chi connectivity index (χ1) is 7.77. The van der Waals surface area contributed by atoms with Gasteiger partial charge in [0.1, 0.15) is 6.10 Å². The van der Waals surface area contributed by atoms with Crippen LogP contribution in [0.3, 0.4) is 0 Å². The van der Waals surface area contributed by atoms with Crippen molar-refractivity contribution in [1.82, 2.24) is 5.32 Å². The molecule has 16 heavy (non-hydrogen) atoms. The third-order valence-corrected chi connectivity index (χ3v) is 3.73. The van der Waals surface area contributed by atoms with Gasteiger partial charge in [-0.1, -0.05) is 6.42 Å². The predicted molar refractivity (Wildman–Crippen MR) is 61.9 cm³/mol. The Labute approximate surface area is 96.9 Å². The lowest BCUT2D eigenvalue weighted by Gasteiger charge is -2.23. The van der Waals surface area contributed by atoms with Crippen molar-refractivity contribution in [1.29, 1.82) is 0 Å². The highest BCUT2D eigenvalue weighted by Gasteiger charge is 2.26. The van der Waals surface area contributed by atoms with Gasteiger partial charge in [-0.2, -0.15) is 0 Å². The second-order valence-electron chi connectivity index (χ2n) is 4.96. The van der Waals surface area contributed by atoms with Crippen molar-refractivity contribution in [3.63, 3.8) is 0 Å². The van der Waals surface area contributed by atoms with Gasteiger partial charge < -0.3 is 15.8 Å². The van der Waals surface area contributed by atoms with Gasteiger partial charge in [0.15, 0.2) is 0 Å². The van der Waals surface area contributed by atoms with E-state index in [4.69, 9.17) is 10.5 Å². The number of amides is 1. The topological polar surface area (TPSA) is 64.3 Å². The van der Waals surface area contributed by atoms with Crippen LogP contribution >= 0.6 is 0 Å². The minimum Gasteiger partial charge on any atom is -0.368 e. The molecule has 1 amide bonds. The highest BCUT2D eigenvalue weighted by atomic mass is 16.5. The van der Waals surface area contributed by atoms with Gasteiger partial charge in [-0.05, 0) is 38.0 Å². The number of nitrogens with two attached hydrogens (primary N) is 1. The van der Waals surface area contributed by atoms with Crippen LogP contribution in [0.4, 0.5) is 0 Å². The summed E-state index contributed by atoms with van der Waals surface area (Å²) in [5.41, 5.74) is 5.96. The van der Waals surface area contributed by atoms with E-state index in [-0.39, 0.29) is 18.1 Å². The zero-order valence-electron chi connectivity index (χ0n) is 9.78. The first-order valence-corrected chi connectivity index (χ1v) is 6.42. The molecule has 3 N–H and O–H groups in total. The summed E-state index contributed by atoms with van der Waals surface area (Å²) >= 11 is 0. The van der Waals surface area contributed by atoms with Gasteiger partial charge >= 0.3 is 0 Å². The molecule has 0 radical (unpaired) electrons. The lowest BCUT2D eigenvalue weighted by Crippen LogP contribution is -2.42. The summed E-state index contributed by atoms with van der Waals surface area (Å²) in [6, 6.07) is 0.271. The zero-order chi connectivity index (χ0) is 11.4. The largest absolute Gasteiger partial charge is 0.368 e. The number of hydrogen-bond donors (Lipinski definition) is 2. The van der Waals surface area contributed by atoms with Crippen molar-refractivity contribution in [2.75, 3.05) is 13.2 Å². The van der Waals surface area contributed by atoms with Crippen LogP contribution in [0.2, 0.25) is 0 Å². The Kier molecular flexibility index (Phi) is 4.18. The monoisotopic (exact) mass is 226 g/mol. The number of nitrogens with one attached hydrogen (secondary N) is 1. The van der Waals surface area contributed by atoms with Crippen LogP contribution in [0.1, 0.15) is 38.5 Å². The third-order valence-electron chi connectivity index (χ3n) is 3.73. The molecule has 0 spiro atoms. The van der Waals surface area contributed by atoms with E-state index in [1.807, 2.05) is 0 Å². The summed E-state index contributed by atoms with van der Waals surface area (Å²) in [4.78, 5) is 11.8. The van der Waals surface area contributed by atoms with Crippen molar-refractivity contribution < 1.29 is 9.53 Å². The van der Waals surface area contributed by atoms with Crippen molar-refractivity contribution in [2.24, 2.45) is 11.7 Å². The highest BCUT2D eigenvalue weighted by molar-refractivity contribution is 5.80. The van der Waals surface area contributed by atoms with Gasteiger partial charge in [-0.25, -0.2) is 0 Å². The number of ether oxygens (including phenoxy) is 1. The van der Waals surface area contributed by atoms with Crippen LogP contribution in [-0.4, -0.2) is 31.2 Å². The van der Waals surface area contributed by atoms with Gasteiger partial charge in [0, 0.05) is 19.2 Å². The molecular weight excluding hydrogens is 204 g/mol. The molecule has 0 aromatic rings. The maximum Gasteiger partial charge on any atom is 0.249 e. The van der Waals surface area contributed by atoms with E-state index < -0.39 is 0 Å². The van der Waals surface area contributed by atoms with E-state index in [9.17, 15) is 4.79 Å². The molecule has 4 nitrogen and oxygen atoms in total. The molecule has 2 fully saturated rings. The van der Waals surface area contributed by atoms with Gasteiger partial charge in [-0.3, -0.25) is 4.79 Å². The SMILES string of the molecule is NC1CCCC1CNC(=O)C1CCCCO1. The van der Waals surface area contributed by atoms with E-state index in [0.717, 1.165) is 45.3 Å². The van der Waals surface area contributed by atoms with Crippen molar-refractivity contribution >= 4 is 5.91 Å². The molecule has 3 unspecified atom stereocenters. The molecule has 1 saturated carbocycles. The standard InChI is InChI=1S/C12H22N2O2/c13-10-5-3-4-9(10)8-14-12(15)11-6-1-2-7-16-11/h9-11H,1-8,13H2,(H,14,15). The van der Waals surface area contributed by atoms with E-state index in [1.54, 1.807) is 0 Å². The first-order valence-electron chi connectivity index (χ1n) is 6.42. The number of carbonyl (C=O) groups excluding carboxylic acids is 1. The predicted octanol–water partition coefficient (Wildman–Crippen LogP) is 0.799. The van der Waals surface area contributed by atoms with E-state index in [0.29, 0.717) is 5.92 Å². The molecule has 0 bridgehead atoms. The van der Waals surface area contributed by atoms with Crippen LogP contribution in [0.5, 0.6) is 0 Å². The highest BCUT2D eigenvalue weighted by Crippen LogP contribution is 2.23. The van der Waals surface area contributed by atoms with E-state index in [1.165, 1.54) is 6.42 Å². The Morgan fingerprint density at radius 2 is 2.12 bits per heavy atom. The number of carbonyl (C=O) groups is 1. The molecule has 2 rings (SSSR count). The smallest absolute Gasteiger partial charge is 0.249 e. The van der Waals surface area contributed by atoms with Crippen molar-refractivity contribution in [3.05, 3.63) is 0 Å². The average molecular weight is 226 g/mol. The Bertz CT molecular complexity index is 239. The maximum absolute atomic E-state index is 11.8. The van der Waals surface area contributed by atoms with Crippen LogP contribution in [0, 0.1) is 5.92 Å². The zero-order valence-corrected chi connectivity index (χ0v) is 9.78. The first kappa shape index (κ1) is 11.9. The Balaban J connectivity index is 1.70. The summed E-state index contributed by atoms with van der Waals surface area (Å²) in [7, 11) is 0. The summed E-state index contributed by atoms with van der Waals surface area (Å²) in [5, 5.41) is 2.98. The van der Waals surface area contributed by atoms with Crippen LogP contribution in [0.15, 0.2) is 0 Å². The van der Waals surface area contributed by atoms with Gasteiger partial charge in [0.25, 0.3) is 0 Å². The lowest BCUT2D eigenvalue weighted by molar-refractivity contribution is -0.135. The molecule has 92 valence electrons. The van der Waals surface area contributed by atoms with E-state index in [2.05, 4.69) is 5.32 Å². The molecule has 1 saturated heterocycles. The molecule has 2 aliphatic rings. The van der Waals surface area contributed by atoms with E-state index >= 15 is 0 Å². The van der Waals surface area contributed by atoms with Crippen molar-refractivity contribution in [3.8, 4) is 0 Å². The van der Waals surface area contributed by atoms with Gasteiger partial charge in [0.05, 0.1) is 0 Å². The average Bonchev–Trinajstić information content (AvgIpc) is 2.73. The second-order valence-corrected chi connectivity index (χ2v) is 4.96. The Morgan fingerprint density at radius 3 is 2.75 bits per heavy atom. The Morgan fingerprint density at radius 1 is 1.25 bits per heavy atom. The summed E-state index contributed by atoms with van der Waals surface area (Å²) in [5.74, 6) is 0.520. The fourth-order valence-corrected chi connectivity index (χ4v) is 2.61. The fourth-order valence-electron chi connectivity index (χ4n) is 2.61. The number of rotatable bonds is 3. The molecule has 1 aliphatic carbocycles. The molecule has 0 aromatic carbocycles. The maximum atomic E-state index is 11.8. The summed E-state index contributed by atoms with van der Waals surface area (Å²) in [6.07, 6.45) is 6.27. The van der Waals surface area contributed by atoms with Crippen LogP contribution < -0.4 is 11.1 Å². The van der Waals surface area contributed by atoms with Crippen molar-refractivity contribution in [2.45, 2.75) is 50.7 Å². The molecule has 1 heterocycles. The summed E-state index contributed by atoms with van der Waals surface area (Å²) in [6.45, 7) is 1.45.